The molecule has 0 bridgehead atoms. The van der Waals surface area contributed by atoms with E-state index in [0.717, 1.165) is 19.1 Å². The minimum Gasteiger partial charge on any atom is -0.381 e. The van der Waals surface area contributed by atoms with Gasteiger partial charge in [0.2, 0.25) is 0 Å². The molecule has 0 saturated carbocycles. The van der Waals surface area contributed by atoms with E-state index < -0.39 is 0 Å². The number of rotatable bonds is 0. The Morgan fingerprint density at radius 3 is 2.50 bits per heavy atom. The fourth-order valence-corrected chi connectivity index (χ4v) is 2.12. The summed E-state index contributed by atoms with van der Waals surface area (Å²) in [5.74, 6) is 0.779. The Morgan fingerprint density at radius 2 is 1.62 bits per heavy atom. The van der Waals surface area contributed by atoms with Crippen LogP contribution in [0.5, 0.6) is 0 Å². The van der Waals surface area contributed by atoms with Crippen molar-refractivity contribution in [3.63, 3.8) is 0 Å². The number of hydrogen-bond acceptors (Lipinski definition) is 1. The molecule has 1 aliphatic rings. The van der Waals surface area contributed by atoms with Crippen molar-refractivity contribution >= 4 is 0 Å². The first-order chi connectivity index (χ1) is 7.89. The zero-order valence-electron chi connectivity index (χ0n) is 10.9. The molecule has 94 valence electrons. The van der Waals surface area contributed by atoms with Crippen LogP contribution in [-0.4, -0.2) is 13.2 Å². The van der Waals surface area contributed by atoms with Crippen LogP contribution < -0.4 is 0 Å². The van der Waals surface area contributed by atoms with Gasteiger partial charge in [0, 0.05) is 13.2 Å². The second-order valence-electron chi connectivity index (χ2n) is 5.12. The molecule has 1 heteroatoms. The lowest BCUT2D eigenvalue weighted by Crippen LogP contribution is -2.02. The topological polar surface area (TPSA) is 9.23 Å². The van der Waals surface area contributed by atoms with Gasteiger partial charge < -0.3 is 4.74 Å². The largest absolute Gasteiger partial charge is 0.381 e. The minimum atomic E-state index is 0.779. The summed E-state index contributed by atoms with van der Waals surface area (Å²) in [4.78, 5) is 0. The molecule has 1 nitrogen and oxygen atoms in total. The smallest absolute Gasteiger partial charge is 0.0468 e. The molecule has 0 fully saturated rings. The maximum absolute atomic E-state index is 5.66. The molecule has 1 atom stereocenters. The van der Waals surface area contributed by atoms with Gasteiger partial charge in [-0.25, -0.2) is 0 Å². The summed E-state index contributed by atoms with van der Waals surface area (Å²) in [6.07, 6.45) is 16.6. The van der Waals surface area contributed by atoms with Crippen LogP contribution in [-0.2, 0) is 4.74 Å². The van der Waals surface area contributed by atoms with Crippen molar-refractivity contribution in [1.82, 2.24) is 0 Å². The van der Waals surface area contributed by atoms with E-state index in [1.54, 1.807) is 0 Å². The number of allylic oxidation sites excluding steroid dienone is 2. The average molecular weight is 224 g/mol. The van der Waals surface area contributed by atoms with Crippen molar-refractivity contribution in [2.45, 2.75) is 64.7 Å². The summed E-state index contributed by atoms with van der Waals surface area (Å²) >= 11 is 0. The first-order valence-electron chi connectivity index (χ1n) is 7.12. The van der Waals surface area contributed by atoms with Gasteiger partial charge in [0.25, 0.3) is 0 Å². The predicted octanol–water partition coefficient (Wildman–Crippen LogP) is 4.72. The Balaban J connectivity index is 2.18. The van der Waals surface area contributed by atoms with Gasteiger partial charge >= 0.3 is 0 Å². The summed E-state index contributed by atoms with van der Waals surface area (Å²) in [7, 11) is 0. The van der Waals surface area contributed by atoms with Crippen LogP contribution in [0.25, 0.3) is 0 Å². The molecule has 0 aromatic heterocycles. The Morgan fingerprint density at radius 1 is 0.875 bits per heavy atom. The Bertz CT molecular complexity index is 174. The first-order valence-corrected chi connectivity index (χ1v) is 7.12. The van der Waals surface area contributed by atoms with Crippen LogP contribution >= 0.6 is 0 Å². The van der Waals surface area contributed by atoms with E-state index in [-0.39, 0.29) is 0 Å². The van der Waals surface area contributed by atoms with E-state index in [0.29, 0.717) is 0 Å². The summed E-state index contributed by atoms with van der Waals surface area (Å²) in [6.45, 7) is 4.25. The predicted molar refractivity (Wildman–Crippen MR) is 70.7 cm³/mol. The fourth-order valence-electron chi connectivity index (χ4n) is 2.12. The molecule has 0 radical (unpaired) electrons. The van der Waals surface area contributed by atoms with E-state index in [4.69, 9.17) is 4.74 Å². The van der Waals surface area contributed by atoms with Gasteiger partial charge in [0.1, 0.15) is 0 Å². The molecule has 0 aliphatic carbocycles. The summed E-state index contributed by atoms with van der Waals surface area (Å²) < 4.78 is 5.66. The van der Waals surface area contributed by atoms with E-state index in [2.05, 4.69) is 19.1 Å². The second-order valence-corrected chi connectivity index (χ2v) is 5.12. The Kier molecular flexibility index (Phi) is 8.51. The molecule has 16 heavy (non-hydrogen) atoms. The highest BCUT2D eigenvalue weighted by Gasteiger charge is 2.00. The lowest BCUT2D eigenvalue weighted by atomic mass is 10.0. The van der Waals surface area contributed by atoms with Crippen molar-refractivity contribution in [3.8, 4) is 0 Å². The SMILES string of the molecule is CC1C/C=C/CCCCCCCCOCC1. The quantitative estimate of drug-likeness (QED) is 0.541. The molecule has 0 amide bonds. The number of hydrogen-bond donors (Lipinski definition) is 0. The molecule has 0 spiro atoms. The van der Waals surface area contributed by atoms with Crippen LogP contribution in [0.3, 0.4) is 0 Å². The standard InChI is InChI=1S/C15H28O/c1-15-11-9-7-5-3-2-4-6-8-10-13-16-14-12-15/h7,9,15H,2-6,8,10-14H2,1H3/b9-7+. The zero-order valence-corrected chi connectivity index (χ0v) is 10.9. The highest BCUT2D eigenvalue weighted by Crippen LogP contribution is 2.12. The molecule has 0 aromatic rings. The molecule has 1 rings (SSSR count). The summed E-state index contributed by atoms with van der Waals surface area (Å²) in [6, 6.07) is 0. The van der Waals surface area contributed by atoms with Crippen molar-refractivity contribution in [2.24, 2.45) is 5.92 Å². The zero-order chi connectivity index (χ0) is 11.5. The second kappa shape index (κ2) is 9.89. The van der Waals surface area contributed by atoms with Crippen molar-refractivity contribution in [2.75, 3.05) is 13.2 Å². The van der Waals surface area contributed by atoms with Gasteiger partial charge in [-0.15, -0.1) is 0 Å². The van der Waals surface area contributed by atoms with Gasteiger partial charge in [0.15, 0.2) is 0 Å². The average Bonchev–Trinajstić information content (AvgIpc) is 2.29. The Labute approximate surface area is 101 Å². The monoisotopic (exact) mass is 224 g/mol. The van der Waals surface area contributed by atoms with E-state index in [1.165, 1.54) is 57.8 Å². The molecule has 1 heterocycles. The van der Waals surface area contributed by atoms with Crippen LogP contribution in [0, 0.1) is 5.92 Å². The molecule has 0 N–H and O–H groups in total. The summed E-state index contributed by atoms with van der Waals surface area (Å²) in [5, 5.41) is 0. The van der Waals surface area contributed by atoms with Gasteiger partial charge in [0.05, 0.1) is 0 Å². The molecule has 1 aliphatic heterocycles. The van der Waals surface area contributed by atoms with Gasteiger partial charge in [-0.2, -0.15) is 0 Å². The third kappa shape index (κ3) is 7.92. The van der Waals surface area contributed by atoms with Crippen molar-refractivity contribution < 1.29 is 4.74 Å². The summed E-state index contributed by atoms with van der Waals surface area (Å²) in [5.41, 5.74) is 0. The van der Waals surface area contributed by atoms with Crippen LogP contribution in [0.2, 0.25) is 0 Å². The lowest BCUT2D eigenvalue weighted by molar-refractivity contribution is 0.118. The highest BCUT2D eigenvalue weighted by molar-refractivity contribution is 4.83. The van der Waals surface area contributed by atoms with Crippen LogP contribution in [0.1, 0.15) is 64.7 Å². The fraction of sp³-hybridized carbons (Fsp3) is 0.867. The van der Waals surface area contributed by atoms with Gasteiger partial charge in [-0.1, -0.05) is 44.8 Å². The highest BCUT2D eigenvalue weighted by atomic mass is 16.5. The Hall–Kier alpha value is -0.300. The van der Waals surface area contributed by atoms with Gasteiger partial charge in [-0.3, -0.25) is 0 Å². The van der Waals surface area contributed by atoms with E-state index in [1.807, 2.05) is 0 Å². The molecule has 0 aromatic carbocycles. The third-order valence-electron chi connectivity index (χ3n) is 3.37. The maximum Gasteiger partial charge on any atom is 0.0468 e. The van der Waals surface area contributed by atoms with Gasteiger partial charge in [-0.05, 0) is 38.0 Å². The number of ether oxygens (including phenoxy) is 1. The van der Waals surface area contributed by atoms with E-state index in [9.17, 15) is 0 Å². The molecule has 0 saturated heterocycles. The van der Waals surface area contributed by atoms with Crippen molar-refractivity contribution in [1.29, 1.82) is 0 Å². The molecular weight excluding hydrogens is 196 g/mol. The maximum atomic E-state index is 5.66. The third-order valence-corrected chi connectivity index (χ3v) is 3.37. The minimum absolute atomic E-state index is 0.779. The van der Waals surface area contributed by atoms with Crippen molar-refractivity contribution in [3.05, 3.63) is 12.2 Å². The molecule has 1 unspecified atom stereocenters. The normalized spacial score (nSPS) is 28.9. The van der Waals surface area contributed by atoms with Crippen LogP contribution in [0.4, 0.5) is 0 Å². The van der Waals surface area contributed by atoms with E-state index >= 15 is 0 Å². The molecular formula is C15H28O. The van der Waals surface area contributed by atoms with Crippen LogP contribution in [0.15, 0.2) is 12.2 Å². The lowest BCUT2D eigenvalue weighted by Gasteiger charge is -2.09. The first kappa shape index (κ1) is 13.8.